The van der Waals surface area contributed by atoms with Gasteiger partial charge in [0.1, 0.15) is 0 Å². The third-order valence-corrected chi connectivity index (χ3v) is 2.34. The van der Waals surface area contributed by atoms with Crippen LogP contribution >= 0.6 is 0 Å². The van der Waals surface area contributed by atoms with E-state index < -0.39 is 0 Å². The fraction of sp³-hybridized carbons (Fsp3) is 0.583. The van der Waals surface area contributed by atoms with Crippen LogP contribution in [0.25, 0.3) is 0 Å². The van der Waals surface area contributed by atoms with Gasteiger partial charge >= 0.3 is 0 Å². The van der Waals surface area contributed by atoms with Gasteiger partial charge in [0.2, 0.25) is 0 Å². The molecule has 0 saturated heterocycles. The first-order valence-corrected chi connectivity index (χ1v) is 5.44. The van der Waals surface area contributed by atoms with Gasteiger partial charge in [-0.15, -0.1) is 0 Å². The first-order valence-electron chi connectivity index (χ1n) is 5.44. The molecule has 0 radical (unpaired) electrons. The zero-order valence-electron chi connectivity index (χ0n) is 9.56. The van der Waals surface area contributed by atoms with Crippen LogP contribution in [0.2, 0.25) is 0 Å². The lowest BCUT2D eigenvalue weighted by atomic mass is 10.2. The molecule has 0 bridgehead atoms. The third kappa shape index (κ3) is 5.50. The Morgan fingerprint density at radius 3 is 2.93 bits per heavy atom. The zero-order valence-corrected chi connectivity index (χ0v) is 9.56. The smallest absolute Gasteiger partial charge is 0.0512 e. The zero-order chi connectivity index (χ0) is 11.1. The lowest BCUT2D eigenvalue weighted by molar-refractivity contribution is 0.174. The van der Waals surface area contributed by atoms with E-state index in [2.05, 4.69) is 23.0 Å². The molecule has 1 aromatic rings. The molecular weight excluding hydrogens is 188 g/mol. The van der Waals surface area contributed by atoms with Crippen molar-refractivity contribution in [2.45, 2.75) is 32.4 Å². The van der Waals surface area contributed by atoms with Crippen molar-refractivity contribution in [2.24, 2.45) is 0 Å². The molecule has 0 aliphatic heterocycles. The van der Waals surface area contributed by atoms with Crippen molar-refractivity contribution in [3.8, 4) is 0 Å². The van der Waals surface area contributed by atoms with Gasteiger partial charge < -0.3 is 10.0 Å². The molecule has 84 valence electrons. The first-order chi connectivity index (χ1) is 7.18. The van der Waals surface area contributed by atoms with Gasteiger partial charge in [0.15, 0.2) is 0 Å². The quantitative estimate of drug-likeness (QED) is 0.772. The van der Waals surface area contributed by atoms with E-state index in [0.29, 0.717) is 0 Å². The van der Waals surface area contributed by atoms with E-state index in [1.54, 1.807) is 6.20 Å². The molecule has 15 heavy (non-hydrogen) atoms. The number of aromatic nitrogens is 1. The van der Waals surface area contributed by atoms with Crippen LogP contribution in [0, 0.1) is 0 Å². The number of pyridine rings is 1. The summed E-state index contributed by atoms with van der Waals surface area (Å²) in [7, 11) is 2.09. The van der Waals surface area contributed by atoms with E-state index in [4.69, 9.17) is 5.11 Å². The van der Waals surface area contributed by atoms with Crippen LogP contribution in [0.4, 0.5) is 0 Å². The first kappa shape index (κ1) is 12.1. The number of rotatable bonds is 6. The van der Waals surface area contributed by atoms with Crippen LogP contribution < -0.4 is 0 Å². The molecule has 0 fully saturated rings. The Kier molecular flexibility index (Phi) is 5.29. The van der Waals surface area contributed by atoms with E-state index in [9.17, 15) is 0 Å². The van der Waals surface area contributed by atoms with E-state index in [1.165, 1.54) is 5.56 Å². The molecule has 3 nitrogen and oxygen atoms in total. The van der Waals surface area contributed by atoms with Crippen LogP contribution in [-0.4, -0.2) is 34.7 Å². The largest absolute Gasteiger partial charge is 0.393 e. The molecule has 0 saturated carbocycles. The van der Waals surface area contributed by atoms with E-state index in [0.717, 1.165) is 25.9 Å². The molecule has 0 spiro atoms. The molecule has 3 heteroatoms. The molecule has 1 heterocycles. The summed E-state index contributed by atoms with van der Waals surface area (Å²) >= 11 is 0. The minimum atomic E-state index is -0.184. The Hall–Kier alpha value is -0.930. The second kappa shape index (κ2) is 6.53. The van der Waals surface area contributed by atoms with Gasteiger partial charge in [-0.1, -0.05) is 6.07 Å². The predicted molar refractivity (Wildman–Crippen MR) is 61.5 cm³/mol. The van der Waals surface area contributed by atoms with Crippen LogP contribution in [0.15, 0.2) is 24.5 Å². The summed E-state index contributed by atoms with van der Waals surface area (Å²) in [6.45, 7) is 3.77. The highest BCUT2D eigenvalue weighted by Gasteiger charge is 2.01. The Morgan fingerprint density at radius 1 is 1.53 bits per heavy atom. The Labute approximate surface area is 91.8 Å². The van der Waals surface area contributed by atoms with Gasteiger partial charge in [0, 0.05) is 18.9 Å². The third-order valence-electron chi connectivity index (χ3n) is 2.34. The van der Waals surface area contributed by atoms with Crippen molar-refractivity contribution in [2.75, 3.05) is 13.6 Å². The summed E-state index contributed by atoms with van der Waals surface area (Å²) in [5, 5.41) is 9.13. The molecular formula is C12H20N2O. The molecule has 0 aromatic carbocycles. The van der Waals surface area contributed by atoms with Gasteiger partial charge in [-0.3, -0.25) is 4.98 Å². The van der Waals surface area contributed by atoms with Crippen molar-refractivity contribution >= 4 is 0 Å². The highest BCUT2D eigenvalue weighted by Crippen LogP contribution is 2.03. The number of hydrogen-bond acceptors (Lipinski definition) is 3. The van der Waals surface area contributed by atoms with Crippen LogP contribution in [0.1, 0.15) is 25.3 Å². The average Bonchev–Trinajstić information content (AvgIpc) is 2.18. The minimum absolute atomic E-state index is 0.184. The van der Waals surface area contributed by atoms with Crippen molar-refractivity contribution in [3.05, 3.63) is 30.1 Å². The van der Waals surface area contributed by atoms with E-state index in [-0.39, 0.29) is 6.10 Å². The fourth-order valence-electron chi connectivity index (χ4n) is 1.54. The van der Waals surface area contributed by atoms with Crippen LogP contribution in [0.3, 0.4) is 0 Å². The summed E-state index contributed by atoms with van der Waals surface area (Å²) in [5.74, 6) is 0. The van der Waals surface area contributed by atoms with Gasteiger partial charge in [-0.2, -0.15) is 0 Å². The highest BCUT2D eigenvalue weighted by atomic mass is 16.3. The second-order valence-corrected chi connectivity index (χ2v) is 4.09. The fourth-order valence-corrected chi connectivity index (χ4v) is 1.54. The minimum Gasteiger partial charge on any atom is -0.393 e. The van der Waals surface area contributed by atoms with Gasteiger partial charge in [0.05, 0.1) is 6.10 Å². The molecule has 0 amide bonds. The summed E-state index contributed by atoms with van der Waals surface area (Å²) in [6, 6.07) is 4.04. The standard InChI is InChI=1S/C12H20N2O/c1-11(15)5-4-8-14(2)10-12-6-3-7-13-9-12/h3,6-7,9,11,15H,4-5,8,10H2,1-2H3. The van der Waals surface area contributed by atoms with Crippen molar-refractivity contribution in [1.82, 2.24) is 9.88 Å². The summed E-state index contributed by atoms with van der Waals surface area (Å²) in [4.78, 5) is 6.33. The van der Waals surface area contributed by atoms with E-state index in [1.807, 2.05) is 19.2 Å². The van der Waals surface area contributed by atoms with Gasteiger partial charge in [0.25, 0.3) is 0 Å². The molecule has 1 atom stereocenters. The van der Waals surface area contributed by atoms with Crippen molar-refractivity contribution in [1.29, 1.82) is 0 Å². The summed E-state index contributed by atoms with van der Waals surface area (Å²) in [5.41, 5.74) is 1.23. The molecule has 0 aliphatic rings. The van der Waals surface area contributed by atoms with Crippen LogP contribution in [0.5, 0.6) is 0 Å². The number of hydrogen-bond donors (Lipinski definition) is 1. The van der Waals surface area contributed by atoms with Crippen molar-refractivity contribution in [3.63, 3.8) is 0 Å². The maximum atomic E-state index is 9.13. The number of aliphatic hydroxyl groups excluding tert-OH is 1. The van der Waals surface area contributed by atoms with Crippen molar-refractivity contribution < 1.29 is 5.11 Å². The SMILES string of the molecule is CC(O)CCCN(C)Cc1cccnc1. The monoisotopic (exact) mass is 208 g/mol. The number of aliphatic hydroxyl groups is 1. The van der Waals surface area contributed by atoms with E-state index >= 15 is 0 Å². The second-order valence-electron chi connectivity index (χ2n) is 4.09. The molecule has 1 rings (SSSR count). The molecule has 1 unspecified atom stereocenters. The molecule has 1 N–H and O–H groups in total. The Balaban J connectivity index is 2.21. The van der Waals surface area contributed by atoms with Gasteiger partial charge in [-0.05, 0) is 45.0 Å². The molecule has 1 aromatic heterocycles. The Morgan fingerprint density at radius 2 is 2.33 bits per heavy atom. The predicted octanol–water partition coefficient (Wildman–Crippen LogP) is 1.67. The van der Waals surface area contributed by atoms with Crippen LogP contribution in [-0.2, 0) is 6.54 Å². The average molecular weight is 208 g/mol. The normalized spacial score (nSPS) is 13.1. The maximum Gasteiger partial charge on any atom is 0.0512 e. The summed E-state index contributed by atoms with van der Waals surface area (Å²) < 4.78 is 0. The molecule has 0 aliphatic carbocycles. The summed E-state index contributed by atoms with van der Waals surface area (Å²) in [6.07, 6.45) is 5.41. The highest BCUT2D eigenvalue weighted by molar-refractivity contribution is 5.07. The Bertz CT molecular complexity index is 262. The lowest BCUT2D eigenvalue weighted by Gasteiger charge is -2.16. The van der Waals surface area contributed by atoms with Gasteiger partial charge in [-0.25, -0.2) is 0 Å². The maximum absolute atomic E-state index is 9.13. The number of nitrogens with zero attached hydrogens (tertiary/aromatic N) is 2. The lowest BCUT2D eigenvalue weighted by Crippen LogP contribution is -2.20. The topological polar surface area (TPSA) is 36.4 Å².